The third kappa shape index (κ3) is 2.83. The lowest BCUT2D eigenvalue weighted by molar-refractivity contribution is -0.144. The summed E-state index contributed by atoms with van der Waals surface area (Å²) in [5, 5.41) is 18.2. The predicted molar refractivity (Wildman–Crippen MR) is 80.2 cm³/mol. The van der Waals surface area contributed by atoms with Gasteiger partial charge in [0.2, 0.25) is 0 Å². The predicted octanol–water partition coefficient (Wildman–Crippen LogP) is 2.07. The Morgan fingerprint density at radius 3 is 2.55 bits per heavy atom. The van der Waals surface area contributed by atoms with Crippen LogP contribution in [0.25, 0.3) is 6.08 Å². The molecule has 0 bridgehead atoms. The fourth-order valence-corrected chi connectivity index (χ4v) is 3.06. The Hall–Kier alpha value is -1.86. The Balaban J connectivity index is 2.28. The molecule has 2 rings (SSSR count). The van der Waals surface area contributed by atoms with Crippen molar-refractivity contribution in [1.82, 2.24) is 4.90 Å². The smallest absolute Gasteiger partial charge is 0.326 e. The molecule has 1 aromatic carbocycles. The minimum absolute atomic E-state index is 0.134. The normalized spacial score (nSPS) is 18.6. The molecule has 7 heteroatoms. The Labute approximate surface area is 124 Å². The van der Waals surface area contributed by atoms with E-state index in [9.17, 15) is 14.7 Å². The summed E-state index contributed by atoms with van der Waals surface area (Å²) in [4.78, 5) is 24.6. The largest absolute Gasteiger partial charge is 0.508 e. The average molecular weight is 309 g/mol. The number of thioether (sulfide) groups is 1. The van der Waals surface area contributed by atoms with E-state index in [2.05, 4.69) is 0 Å². The molecular weight excluding hydrogens is 298 g/mol. The molecule has 104 valence electrons. The molecule has 20 heavy (non-hydrogen) atoms. The molecule has 0 saturated carbocycles. The van der Waals surface area contributed by atoms with Crippen molar-refractivity contribution in [3.63, 3.8) is 0 Å². The molecule has 1 aromatic rings. The molecular formula is C13H11NO4S2. The molecule has 1 aliphatic heterocycles. The van der Waals surface area contributed by atoms with E-state index in [1.165, 1.54) is 19.1 Å². The summed E-state index contributed by atoms with van der Waals surface area (Å²) < 4.78 is 0.231. The highest BCUT2D eigenvalue weighted by atomic mass is 32.2. The van der Waals surface area contributed by atoms with Gasteiger partial charge in [-0.05, 0) is 30.7 Å². The van der Waals surface area contributed by atoms with Crippen molar-refractivity contribution in [3.05, 3.63) is 34.7 Å². The summed E-state index contributed by atoms with van der Waals surface area (Å²) in [6, 6.07) is 5.33. The van der Waals surface area contributed by atoms with Gasteiger partial charge in [-0.25, -0.2) is 4.79 Å². The highest BCUT2D eigenvalue weighted by Gasteiger charge is 2.38. The molecule has 1 saturated heterocycles. The number of nitrogens with zero attached hydrogens (tertiary/aromatic N) is 1. The van der Waals surface area contributed by atoms with Gasteiger partial charge in [-0.1, -0.05) is 36.1 Å². The van der Waals surface area contributed by atoms with Crippen LogP contribution in [-0.2, 0) is 9.59 Å². The van der Waals surface area contributed by atoms with Crippen molar-refractivity contribution in [1.29, 1.82) is 0 Å². The van der Waals surface area contributed by atoms with Gasteiger partial charge in [0.15, 0.2) is 0 Å². The number of hydrogen-bond donors (Lipinski definition) is 2. The van der Waals surface area contributed by atoms with Crippen LogP contribution in [0.1, 0.15) is 12.5 Å². The fraction of sp³-hybridized carbons (Fsp3) is 0.154. The number of carboxylic acid groups (broad SMARTS) is 1. The SMILES string of the molecule is C[C@@H](C(=O)O)N1C(=O)C(=Cc2ccc(O)cc2)SC1=S. The Morgan fingerprint density at radius 1 is 1.40 bits per heavy atom. The van der Waals surface area contributed by atoms with Crippen LogP contribution in [0.2, 0.25) is 0 Å². The van der Waals surface area contributed by atoms with E-state index >= 15 is 0 Å². The maximum absolute atomic E-state index is 12.2. The number of aromatic hydroxyl groups is 1. The summed E-state index contributed by atoms with van der Waals surface area (Å²) in [7, 11) is 0. The third-order valence-corrected chi connectivity index (χ3v) is 4.09. The number of carbonyl (C=O) groups excluding carboxylic acids is 1. The van der Waals surface area contributed by atoms with Crippen molar-refractivity contribution in [3.8, 4) is 5.75 Å². The second-order valence-corrected chi connectivity index (χ2v) is 5.83. The number of aliphatic carboxylic acids is 1. The van der Waals surface area contributed by atoms with Crippen LogP contribution in [0.4, 0.5) is 0 Å². The summed E-state index contributed by atoms with van der Waals surface area (Å²) in [6.07, 6.45) is 1.62. The Bertz CT molecular complexity index is 609. The van der Waals surface area contributed by atoms with E-state index < -0.39 is 17.9 Å². The maximum atomic E-state index is 12.2. The van der Waals surface area contributed by atoms with Crippen LogP contribution in [-0.4, -0.2) is 37.4 Å². The van der Waals surface area contributed by atoms with E-state index in [1.807, 2.05) is 0 Å². The Morgan fingerprint density at radius 2 is 2.00 bits per heavy atom. The highest BCUT2D eigenvalue weighted by Crippen LogP contribution is 2.34. The average Bonchev–Trinajstić information content (AvgIpc) is 2.66. The van der Waals surface area contributed by atoms with Crippen LogP contribution in [0, 0.1) is 0 Å². The number of carbonyl (C=O) groups is 2. The van der Waals surface area contributed by atoms with Crippen molar-refractivity contribution in [2.45, 2.75) is 13.0 Å². The lowest BCUT2D eigenvalue weighted by atomic mass is 10.2. The number of rotatable bonds is 3. The summed E-state index contributed by atoms with van der Waals surface area (Å²) >= 11 is 6.12. The van der Waals surface area contributed by atoms with E-state index in [4.69, 9.17) is 17.3 Å². The number of phenols is 1. The molecule has 0 aliphatic carbocycles. The van der Waals surface area contributed by atoms with Gasteiger partial charge in [0.1, 0.15) is 16.1 Å². The van der Waals surface area contributed by atoms with E-state index in [1.54, 1.807) is 18.2 Å². The third-order valence-electron chi connectivity index (χ3n) is 2.76. The number of carboxylic acids is 1. The molecule has 2 N–H and O–H groups in total. The first kappa shape index (κ1) is 14.5. The Kier molecular flexibility index (Phi) is 4.10. The lowest BCUT2D eigenvalue weighted by Crippen LogP contribution is -2.41. The van der Waals surface area contributed by atoms with Crippen LogP contribution in [0.3, 0.4) is 0 Å². The number of hydrogen-bond acceptors (Lipinski definition) is 5. The molecule has 1 amide bonds. The molecule has 0 unspecified atom stereocenters. The fourth-order valence-electron chi connectivity index (χ4n) is 1.65. The minimum atomic E-state index is -1.10. The van der Waals surface area contributed by atoms with Crippen LogP contribution >= 0.6 is 24.0 Å². The van der Waals surface area contributed by atoms with Crippen molar-refractivity contribution in [2.75, 3.05) is 0 Å². The van der Waals surface area contributed by atoms with Gasteiger partial charge in [0, 0.05) is 0 Å². The lowest BCUT2D eigenvalue weighted by Gasteiger charge is -2.18. The first-order valence-electron chi connectivity index (χ1n) is 5.69. The zero-order chi connectivity index (χ0) is 14.9. The monoisotopic (exact) mass is 309 g/mol. The first-order chi connectivity index (χ1) is 9.40. The van der Waals surface area contributed by atoms with Gasteiger partial charge in [-0.15, -0.1) is 0 Å². The topological polar surface area (TPSA) is 77.8 Å². The van der Waals surface area contributed by atoms with Crippen LogP contribution in [0.5, 0.6) is 5.75 Å². The molecule has 1 atom stereocenters. The number of thiocarbonyl (C=S) groups is 1. The first-order valence-corrected chi connectivity index (χ1v) is 6.91. The van der Waals surface area contributed by atoms with Gasteiger partial charge in [-0.2, -0.15) is 0 Å². The van der Waals surface area contributed by atoms with E-state index in [0.717, 1.165) is 22.2 Å². The van der Waals surface area contributed by atoms with Crippen molar-refractivity contribution < 1.29 is 19.8 Å². The van der Waals surface area contributed by atoms with Gasteiger partial charge < -0.3 is 10.2 Å². The summed E-state index contributed by atoms with van der Waals surface area (Å²) in [5.74, 6) is -1.38. The standard InChI is InChI=1S/C13H11NO4S2/c1-7(12(17)18)14-11(16)10(20-13(14)19)6-8-2-4-9(15)5-3-8/h2-7,15H,1H3,(H,17,18)/t7-/m0/s1. The second-order valence-electron chi connectivity index (χ2n) is 4.16. The molecule has 1 fully saturated rings. The zero-order valence-electron chi connectivity index (χ0n) is 10.4. The van der Waals surface area contributed by atoms with E-state index in [-0.39, 0.29) is 10.1 Å². The number of phenolic OH excluding ortho intramolecular Hbond substituents is 1. The molecule has 1 aliphatic rings. The summed E-state index contributed by atoms with van der Waals surface area (Å²) in [5.41, 5.74) is 0.728. The zero-order valence-corrected chi connectivity index (χ0v) is 12.1. The van der Waals surface area contributed by atoms with E-state index in [0.29, 0.717) is 4.91 Å². The molecule has 1 heterocycles. The van der Waals surface area contributed by atoms with Gasteiger partial charge >= 0.3 is 5.97 Å². The summed E-state index contributed by atoms with van der Waals surface area (Å²) in [6.45, 7) is 1.41. The van der Waals surface area contributed by atoms with Gasteiger partial charge in [-0.3, -0.25) is 9.69 Å². The number of benzene rings is 1. The molecule has 5 nitrogen and oxygen atoms in total. The van der Waals surface area contributed by atoms with Crippen LogP contribution < -0.4 is 0 Å². The molecule has 0 spiro atoms. The maximum Gasteiger partial charge on any atom is 0.326 e. The highest BCUT2D eigenvalue weighted by molar-refractivity contribution is 8.26. The minimum Gasteiger partial charge on any atom is -0.508 e. The number of amides is 1. The molecule has 0 radical (unpaired) electrons. The van der Waals surface area contributed by atoms with Gasteiger partial charge in [0.25, 0.3) is 5.91 Å². The van der Waals surface area contributed by atoms with Gasteiger partial charge in [0.05, 0.1) is 4.91 Å². The van der Waals surface area contributed by atoms with Crippen LogP contribution in [0.15, 0.2) is 29.2 Å². The molecule has 0 aromatic heterocycles. The van der Waals surface area contributed by atoms with Crippen molar-refractivity contribution >= 4 is 46.3 Å². The quantitative estimate of drug-likeness (QED) is 0.657. The second kappa shape index (κ2) is 5.64. The van der Waals surface area contributed by atoms with Crippen molar-refractivity contribution in [2.24, 2.45) is 0 Å².